The molecule has 2 rings (SSSR count). The molecule has 0 unspecified atom stereocenters. The lowest BCUT2D eigenvalue weighted by Crippen LogP contribution is -2.35. The number of hydrogen-bond donors (Lipinski definition) is 2. The van der Waals surface area contributed by atoms with E-state index in [1.807, 2.05) is 12.1 Å². The number of nitrogens with zero attached hydrogens (tertiary/aromatic N) is 1. The van der Waals surface area contributed by atoms with Crippen molar-refractivity contribution in [2.24, 2.45) is 0 Å². The van der Waals surface area contributed by atoms with Crippen molar-refractivity contribution >= 4 is 32.6 Å². The highest BCUT2D eigenvalue weighted by Gasteiger charge is 2.16. The van der Waals surface area contributed by atoms with Crippen molar-refractivity contribution in [3.05, 3.63) is 53.6 Å². The number of carbonyl (C=O) groups excluding carboxylic acids is 1. The molecule has 0 saturated heterocycles. The topological polar surface area (TPSA) is 113 Å². The molecule has 0 aliphatic rings. The highest BCUT2D eigenvalue weighted by Crippen LogP contribution is 2.12. The van der Waals surface area contributed by atoms with E-state index in [0.717, 1.165) is 23.1 Å². The molecule has 0 bridgehead atoms. The molecule has 2 aromatic rings. The van der Waals surface area contributed by atoms with Gasteiger partial charge >= 0.3 is 5.97 Å². The highest BCUT2D eigenvalue weighted by atomic mass is 32.2. The molecule has 24 heavy (non-hydrogen) atoms. The number of pyridine rings is 1. The van der Waals surface area contributed by atoms with Crippen molar-refractivity contribution in [2.75, 3.05) is 6.26 Å². The van der Waals surface area contributed by atoms with E-state index in [4.69, 9.17) is 5.11 Å². The van der Waals surface area contributed by atoms with Crippen LogP contribution in [0.3, 0.4) is 0 Å². The van der Waals surface area contributed by atoms with Gasteiger partial charge in [0.15, 0.2) is 9.84 Å². The maximum Gasteiger partial charge on any atom is 0.305 e. The largest absolute Gasteiger partial charge is 0.481 e. The lowest BCUT2D eigenvalue weighted by molar-refractivity contribution is -0.137. The molecule has 0 aliphatic carbocycles. The average molecular weight is 348 g/mol. The summed E-state index contributed by atoms with van der Waals surface area (Å²) in [4.78, 5) is 27.3. The first-order valence-electron chi connectivity index (χ1n) is 7.01. The van der Waals surface area contributed by atoms with Gasteiger partial charge < -0.3 is 10.4 Å². The van der Waals surface area contributed by atoms with E-state index in [0.29, 0.717) is 5.52 Å². The zero-order chi connectivity index (χ0) is 17.7. The lowest BCUT2D eigenvalue weighted by Gasteiger charge is -2.13. The summed E-state index contributed by atoms with van der Waals surface area (Å²) in [7, 11) is -3.42. The Morgan fingerprint density at radius 3 is 2.62 bits per heavy atom. The minimum absolute atomic E-state index is 0.122. The number of para-hydroxylation sites is 1. The number of hydrogen-bond acceptors (Lipinski definition) is 5. The number of carboxylic acid groups (broad SMARTS) is 1. The average Bonchev–Trinajstić information content (AvgIpc) is 2.51. The number of aromatic nitrogens is 1. The van der Waals surface area contributed by atoms with Crippen LogP contribution in [0.4, 0.5) is 0 Å². The van der Waals surface area contributed by atoms with E-state index >= 15 is 0 Å². The van der Waals surface area contributed by atoms with E-state index in [2.05, 4.69) is 10.3 Å². The van der Waals surface area contributed by atoms with Crippen molar-refractivity contribution in [3.63, 3.8) is 0 Å². The van der Waals surface area contributed by atoms with Crippen LogP contribution in [0, 0.1) is 0 Å². The second-order valence-corrected chi connectivity index (χ2v) is 7.16. The van der Waals surface area contributed by atoms with E-state index in [1.165, 1.54) is 6.07 Å². The van der Waals surface area contributed by atoms with Gasteiger partial charge in [0.05, 0.1) is 18.0 Å². The third kappa shape index (κ3) is 5.17. The molecule has 1 aromatic carbocycles. The predicted molar refractivity (Wildman–Crippen MR) is 89.2 cm³/mol. The third-order valence-corrected chi connectivity index (χ3v) is 3.75. The number of aliphatic carboxylic acids is 1. The number of rotatable bonds is 6. The molecule has 7 nitrogen and oxygen atoms in total. The smallest absolute Gasteiger partial charge is 0.305 e. The van der Waals surface area contributed by atoms with Gasteiger partial charge in [-0.3, -0.25) is 9.59 Å². The SMILES string of the molecule is CS(=O)(=O)C=C[C@H](CC(=O)O)NC(=O)c1ccc2ccccc2n1. The quantitative estimate of drug-likeness (QED) is 0.815. The standard InChI is InChI=1S/C16H16N2O5S/c1-24(22,23)9-8-12(10-15(19)20)17-16(21)14-7-6-11-4-2-3-5-13(11)18-14/h2-9,12H,10H2,1H3,(H,17,21)(H,19,20)/t12-/m1/s1. The van der Waals surface area contributed by atoms with Gasteiger partial charge in [0.25, 0.3) is 5.91 Å². The second-order valence-electron chi connectivity index (χ2n) is 5.23. The summed E-state index contributed by atoms with van der Waals surface area (Å²) < 4.78 is 22.3. The number of carbonyl (C=O) groups is 2. The molecule has 2 N–H and O–H groups in total. The van der Waals surface area contributed by atoms with E-state index in [-0.39, 0.29) is 5.69 Å². The first-order chi connectivity index (χ1) is 11.2. The molecule has 1 heterocycles. The third-order valence-electron chi connectivity index (χ3n) is 3.10. The van der Waals surface area contributed by atoms with Gasteiger partial charge in [-0.25, -0.2) is 13.4 Å². The molecule has 0 fully saturated rings. The number of nitrogens with one attached hydrogen (secondary N) is 1. The summed E-state index contributed by atoms with van der Waals surface area (Å²) in [5, 5.41) is 13.1. The summed E-state index contributed by atoms with van der Waals surface area (Å²) in [6, 6.07) is 9.54. The van der Waals surface area contributed by atoms with Crippen LogP contribution in [0.2, 0.25) is 0 Å². The molecule has 1 amide bonds. The fraction of sp³-hybridized carbons (Fsp3) is 0.188. The number of benzene rings is 1. The Kier molecular flexibility index (Phi) is 5.30. The maximum atomic E-state index is 12.3. The van der Waals surface area contributed by atoms with Gasteiger partial charge in [-0.05, 0) is 12.1 Å². The zero-order valence-electron chi connectivity index (χ0n) is 12.8. The Bertz CT molecular complexity index is 906. The van der Waals surface area contributed by atoms with Crippen molar-refractivity contribution in [2.45, 2.75) is 12.5 Å². The molecule has 0 radical (unpaired) electrons. The number of carboxylic acids is 1. The molecule has 1 aromatic heterocycles. The summed E-state index contributed by atoms with van der Waals surface area (Å²) in [5.41, 5.74) is 0.753. The molecule has 0 saturated carbocycles. The Morgan fingerprint density at radius 2 is 1.96 bits per heavy atom. The van der Waals surface area contributed by atoms with Gasteiger partial charge in [0.1, 0.15) is 5.69 Å². The molecule has 0 aliphatic heterocycles. The first-order valence-corrected chi connectivity index (χ1v) is 8.97. The summed E-state index contributed by atoms with van der Waals surface area (Å²) in [6.45, 7) is 0. The van der Waals surface area contributed by atoms with Gasteiger partial charge in [0, 0.05) is 17.1 Å². The fourth-order valence-corrected chi connectivity index (χ4v) is 2.50. The van der Waals surface area contributed by atoms with Crippen LogP contribution in [0.1, 0.15) is 16.9 Å². The van der Waals surface area contributed by atoms with Gasteiger partial charge in [0.2, 0.25) is 0 Å². The van der Waals surface area contributed by atoms with Crippen LogP contribution >= 0.6 is 0 Å². The number of sulfone groups is 1. The van der Waals surface area contributed by atoms with Gasteiger partial charge in [-0.1, -0.05) is 30.3 Å². The van der Waals surface area contributed by atoms with Crippen molar-refractivity contribution in [1.82, 2.24) is 10.3 Å². The van der Waals surface area contributed by atoms with Crippen LogP contribution in [-0.2, 0) is 14.6 Å². The molecule has 0 spiro atoms. The van der Waals surface area contributed by atoms with Crippen LogP contribution in [-0.4, -0.2) is 42.7 Å². The molecule has 1 atom stereocenters. The minimum atomic E-state index is -3.42. The normalized spacial score (nSPS) is 13.0. The lowest BCUT2D eigenvalue weighted by atomic mass is 10.1. The van der Waals surface area contributed by atoms with Crippen LogP contribution in [0.25, 0.3) is 10.9 Å². The first kappa shape index (κ1) is 17.6. The predicted octanol–water partition coefficient (Wildman–Crippen LogP) is 1.37. The molecular weight excluding hydrogens is 332 g/mol. The summed E-state index contributed by atoms with van der Waals surface area (Å²) in [6.07, 6.45) is 1.68. The minimum Gasteiger partial charge on any atom is -0.481 e. The summed E-state index contributed by atoms with van der Waals surface area (Å²) >= 11 is 0. The van der Waals surface area contributed by atoms with Crippen molar-refractivity contribution in [3.8, 4) is 0 Å². The fourth-order valence-electron chi connectivity index (χ4n) is 2.03. The van der Waals surface area contributed by atoms with Gasteiger partial charge in [-0.2, -0.15) is 0 Å². The second kappa shape index (κ2) is 7.22. The monoisotopic (exact) mass is 348 g/mol. The van der Waals surface area contributed by atoms with E-state index < -0.39 is 34.2 Å². The number of fused-ring (bicyclic) bond motifs is 1. The van der Waals surface area contributed by atoms with Crippen molar-refractivity contribution in [1.29, 1.82) is 0 Å². The zero-order valence-corrected chi connectivity index (χ0v) is 13.7. The molecule has 8 heteroatoms. The van der Waals surface area contributed by atoms with E-state index in [1.54, 1.807) is 18.2 Å². The maximum absolute atomic E-state index is 12.3. The Labute approximate surface area is 138 Å². The Morgan fingerprint density at radius 1 is 1.25 bits per heavy atom. The molecular formula is C16H16N2O5S. The van der Waals surface area contributed by atoms with Crippen LogP contribution < -0.4 is 5.32 Å². The van der Waals surface area contributed by atoms with Crippen LogP contribution in [0.15, 0.2) is 47.9 Å². The van der Waals surface area contributed by atoms with E-state index in [9.17, 15) is 18.0 Å². The van der Waals surface area contributed by atoms with Crippen molar-refractivity contribution < 1.29 is 23.1 Å². The summed E-state index contributed by atoms with van der Waals surface area (Å²) in [5.74, 6) is -1.74. The molecule has 126 valence electrons. The highest BCUT2D eigenvalue weighted by molar-refractivity contribution is 7.93. The van der Waals surface area contributed by atoms with Crippen LogP contribution in [0.5, 0.6) is 0 Å². The Balaban J connectivity index is 2.21. The van der Waals surface area contributed by atoms with Gasteiger partial charge in [-0.15, -0.1) is 0 Å². The Hall–Kier alpha value is -2.74. The number of amides is 1.